The maximum Gasteiger partial charge on any atom is 0.237 e. The summed E-state index contributed by atoms with van der Waals surface area (Å²) >= 11 is 0. The Morgan fingerprint density at radius 3 is 2.52 bits per heavy atom. The normalized spacial score (nSPS) is 15.5. The molecule has 21 heavy (non-hydrogen) atoms. The van der Waals surface area contributed by atoms with Gasteiger partial charge in [-0.15, -0.1) is 0 Å². The summed E-state index contributed by atoms with van der Waals surface area (Å²) in [6, 6.07) is 9.47. The molecule has 1 rings (SSSR count). The van der Waals surface area contributed by atoms with Crippen LogP contribution >= 0.6 is 0 Å². The van der Waals surface area contributed by atoms with Crippen molar-refractivity contribution in [2.45, 2.75) is 32.0 Å². The van der Waals surface area contributed by atoms with Gasteiger partial charge in [0.05, 0.1) is 24.8 Å². The van der Waals surface area contributed by atoms with Crippen molar-refractivity contribution in [1.82, 2.24) is 10.2 Å². The van der Waals surface area contributed by atoms with Crippen molar-refractivity contribution in [3.05, 3.63) is 35.9 Å². The van der Waals surface area contributed by atoms with Gasteiger partial charge >= 0.3 is 0 Å². The number of nitrogens with one attached hydrogen (secondary N) is 1. The molecular formula is C16H26N2O3. The first-order valence-corrected chi connectivity index (χ1v) is 7.18. The fraction of sp³-hybridized carbons (Fsp3) is 0.562. The first-order valence-electron chi connectivity index (χ1n) is 7.18. The number of carbonyl (C=O) groups is 1. The third-order valence-corrected chi connectivity index (χ3v) is 3.56. The van der Waals surface area contributed by atoms with E-state index in [1.54, 1.807) is 7.11 Å². The van der Waals surface area contributed by atoms with Crippen molar-refractivity contribution in [3.63, 3.8) is 0 Å². The van der Waals surface area contributed by atoms with Gasteiger partial charge < -0.3 is 15.2 Å². The molecule has 0 fully saturated rings. The second kappa shape index (κ2) is 8.77. The van der Waals surface area contributed by atoms with Crippen molar-refractivity contribution in [2.24, 2.45) is 0 Å². The van der Waals surface area contributed by atoms with E-state index in [0.29, 0.717) is 6.54 Å². The van der Waals surface area contributed by atoms with Gasteiger partial charge in [0.1, 0.15) is 0 Å². The molecule has 0 aliphatic heterocycles. The molecule has 0 heterocycles. The second-order valence-corrected chi connectivity index (χ2v) is 5.37. The fourth-order valence-corrected chi connectivity index (χ4v) is 2.09. The van der Waals surface area contributed by atoms with Crippen LogP contribution < -0.4 is 5.32 Å². The molecule has 3 atom stereocenters. The summed E-state index contributed by atoms with van der Waals surface area (Å²) in [6.45, 7) is 4.44. The van der Waals surface area contributed by atoms with Crippen LogP contribution in [0.2, 0.25) is 0 Å². The summed E-state index contributed by atoms with van der Waals surface area (Å²) in [7, 11) is 3.36. The summed E-state index contributed by atoms with van der Waals surface area (Å²) < 4.78 is 4.89. The van der Waals surface area contributed by atoms with E-state index in [9.17, 15) is 9.90 Å². The molecule has 5 heteroatoms. The first-order chi connectivity index (χ1) is 9.95. The summed E-state index contributed by atoms with van der Waals surface area (Å²) in [6.07, 6.45) is -0.596. The van der Waals surface area contributed by atoms with E-state index in [1.807, 2.05) is 56.1 Å². The quantitative estimate of drug-likeness (QED) is 0.756. The lowest BCUT2D eigenvalue weighted by Gasteiger charge is -2.27. The lowest BCUT2D eigenvalue weighted by atomic mass is 10.1. The van der Waals surface area contributed by atoms with Gasteiger partial charge in [-0.1, -0.05) is 30.3 Å². The molecule has 2 N–H and O–H groups in total. The van der Waals surface area contributed by atoms with Crippen LogP contribution in [-0.4, -0.2) is 55.4 Å². The molecule has 118 valence electrons. The number of aliphatic hydroxyl groups excluding tert-OH is 1. The molecule has 0 saturated carbocycles. The average molecular weight is 294 g/mol. The first kappa shape index (κ1) is 17.6. The fourth-order valence-electron chi connectivity index (χ4n) is 2.09. The number of benzene rings is 1. The smallest absolute Gasteiger partial charge is 0.237 e. The van der Waals surface area contributed by atoms with Crippen molar-refractivity contribution < 1.29 is 14.6 Å². The predicted octanol–water partition coefficient (Wildman–Crippen LogP) is 1.19. The van der Waals surface area contributed by atoms with Gasteiger partial charge in [-0.25, -0.2) is 0 Å². The van der Waals surface area contributed by atoms with Gasteiger partial charge in [0, 0.05) is 13.7 Å². The molecule has 3 unspecified atom stereocenters. The van der Waals surface area contributed by atoms with E-state index in [2.05, 4.69) is 5.32 Å². The number of hydrogen-bond donors (Lipinski definition) is 2. The van der Waals surface area contributed by atoms with Crippen molar-refractivity contribution in [1.29, 1.82) is 0 Å². The van der Waals surface area contributed by atoms with Crippen LogP contribution in [-0.2, 0) is 9.53 Å². The number of rotatable bonds is 8. The van der Waals surface area contributed by atoms with Crippen molar-refractivity contribution in [3.8, 4) is 0 Å². The SMILES string of the molecule is COCC(O)CN(C)C(C)C(=O)NC(C)c1ccccc1. The highest BCUT2D eigenvalue weighted by molar-refractivity contribution is 5.81. The summed E-state index contributed by atoms with van der Waals surface area (Å²) in [5, 5.41) is 12.7. The molecule has 0 aliphatic rings. The third-order valence-electron chi connectivity index (χ3n) is 3.56. The minimum Gasteiger partial charge on any atom is -0.389 e. The Balaban J connectivity index is 2.50. The van der Waals surface area contributed by atoms with Crippen LogP contribution in [0.5, 0.6) is 0 Å². The molecule has 0 aromatic heterocycles. The third kappa shape index (κ3) is 5.83. The van der Waals surface area contributed by atoms with Gasteiger partial charge in [-0.05, 0) is 26.5 Å². The van der Waals surface area contributed by atoms with E-state index in [0.717, 1.165) is 5.56 Å². The number of hydrogen-bond acceptors (Lipinski definition) is 4. The lowest BCUT2D eigenvalue weighted by molar-refractivity contribution is -0.126. The molecule has 0 aliphatic carbocycles. The summed E-state index contributed by atoms with van der Waals surface area (Å²) in [5.41, 5.74) is 1.07. The Kier molecular flexibility index (Phi) is 7.36. The number of carbonyl (C=O) groups excluding carboxylic acids is 1. The maximum absolute atomic E-state index is 12.2. The van der Waals surface area contributed by atoms with Crippen molar-refractivity contribution in [2.75, 3.05) is 27.3 Å². The second-order valence-electron chi connectivity index (χ2n) is 5.37. The number of aliphatic hydroxyl groups is 1. The van der Waals surface area contributed by atoms with Gasteiger partial charge in [0.25, 0.3) is 0 Å². The summed E-state index contributed by atoms with van der Waals surface area (Å²) in [4.78, 5) is 14.1. The Hall–Kier alpha value is -1.43. The highest BCUT2D eigenvalue weighted by atomic mass is 16.5. The molecule has 5 nitrogen and oxygen atoms in total. The molecule has 0 spiro atoms. The van der Waals surface area contributed by atoms with E-state index < -0.39 is 6.10 Å². The van der Waals surface area contributed by atoms with Crippen LogP contribution in [0.3, 0.4) is 0 Å². The minimum absolute atomic E-state index is 0.0431. The number of nitrogens with zero attached hydrogens (tertiary/aromatic N) is 1. The van der Waals surface area contributed by atoms with Crippen LogP contribution in [0.1, 0.15) is 25.5 Å². The topological polar surface area (TPSA) is 61.8 Å². The van der Waals surface area contributed by atoms with Gasteiger partial charge in [-0.3, -0.25) is 9.69 Å². The van der Waals surface area contributed by atoms with E-state index in [1.165, 1.54) is 0 Å². The number of amides is 1. The molecule has 0 bridgehead atoms. The lowest BCUT2D eigenvalue weighted by Crippen LogP contribution is -2.47. The molecule has 1 aromatic carbocycles. The standard InChI is InChI=1S/C16H26N2O3/c1-12(14-8-6-5-7-9-14)17-16(20)13(2)18(3)10-15(19)11-21-4/h5-9,12-13,15,19H,10-11H2,1-4H3,(H,17,20). The molecule has 0 saturated heterocycles. The Labute approximate surface area is 126 Å². The van der Waals surface area contributed by atoms with Gasteiger partial charge in [0.2, 0.25) is 5.91 Å². The van der Waals surface area contributed by atoms with Gasteiger partial charge in [-0.2, -0.15) is 0 Å². The molecular weight excluding hydrogens is 268 g/mol. The highest BCUT2D eigenvalue weighted by Crippen LogP contribution is 2.11. The minimum atomic E-state index is -0.596. The molecule has 1 amide bonds. The van der Waals surface area contributed by atoms with Crippen LogP contribution in [0.25, 0.3) is 0 Å². The summed E-state index contributed by atoms with van der Waals surface area (Å²) in [5.74, 6) is -0.0570. The zero-order chi connectivity index (χ0) is 15.8. The molecule has 1 aromatic rings. The van der Waals surface area contributed by atoms with Crippen LogP contribution in [0.4, 0.5) is 0 Å². The van der Waals surface area contributed by atoms with E-state index in [4.69, 9.17) is 4.74 Å². The van der Waals surface area contributed by atoms with Gasteiger partial charge in [0.15, 0.2) is 0 Å². The Bertz CT molecular complexity index is 425. The van der Waals surface area contributed by atoms with Crippen LogP contribution in [0.15, 0.2) is 30.3 Å². The highest BCUT2D eigenvalue weighted by Gasteiger charge is 2.21. The number of ether oxygens (including phenoxy) is 1. The number of methoxy groups -OCH3 is 1. The maximum atomic E-state index is 12.2. The van der Waals surface area contributed by atoms with Crippen LogP contribution in [0, 0.1) is 0 Å². The predicted molar refractivity (Wildman–Crippen MR) is 83.0 cm³/mol. The Morgan fingerprint density at radius 1 is 1.33 bits per heavy atom. The van der Waals surface area contributed by atoms with E-state index in [-0.39, 0.29) is 24.6 Å². The molecule has 0 radical (unpaired) electrons. The largest absolute Gasteiger partial charge is 0.389 e. The van der Waals surface area contributed by atoms with E-state index >= 15 is 0 Å². The zero-order valence-corrected chi connectivity index (χ0v) is 13.2. The average Bonchev–Trinajstić information content (AvgIpc) is 2.47. The van der Waals surface area contributed by atoms with Crippen molar-refractivity contribution >= 4 is 5.91 Å². The number of likely N-dealkylation sites (N-methyl/N-ethyl adjacent to an activating group) is 1. The Morgan fingerprint density at radius 2 is 1.95 bits per heavy atom. The zero-order valence-electron chi connectivity index (χ0n) is 13.2. The monoisotopic (exact) mass is 294 g/mol.